The molecule has 0 saturated carbocycles. The van der Waals surface area contributed by atoms with Crippen molar-refractivity contribution in [2.24, 2.45) is 5.73 Å². The summed E-state index contributed by atoms with van der Waals surface area (Å²) >= 11 is 0. The molecule has 0 bridgehead atoms. The van der Waals surface area contributed by atoms with E-state index in [1.54, 1.807) is 7.11 Å². The predicted molar refractivity (Wildman–Crippen MR) is 105 cm³/mol. The molecule has 0 fully saturated rings. The van der Waals surface area contributed by atoms with Crippen LogP contribution in [-0.2, 0) is 11.3 Å². The first kappa shape index (κ1) is 20.1. The van der Waals surface area contributed by atoms with Crippen LogP contribution in [0, 0.1) is 27.7 Å². The molecule has 1 aromatic heterocycles. The Morgan fingerprint density at radius 3 is 2.31 bits per heavy atom. The van der Waals surface area contributed by atoms with Gasteiger partial charge in [0.25, 0.3) is 0 Å². The molecular formula is C20H30N4O2. The van der Waals surface area contributed by atoms with Gasteiger partial charge < -0.3 is 20.5 Å². The molecule has 0 radical (unpaired) electrons. The summed E-state index contributed by atoms with van der Waals surface area (Å²) in [6.07, 6.45) is 0.936. The summed E-state index contributed by atoms with van der Waals surface area (Å²) in [6.45, 7) is 11.1. The SMILES string of the molecule is CCC(COC)Nc1nc(C)nc(Oc2c(C)cc(CN)cc2C)c1C. The van der Waals surface area contributed by atoms with E-state index in [0.29, 0.717) is 24.9 Å². The fraction of sp³-hybridized carbons (Fsp3) is 0.500. The van der Waals surface area contributed by atoms with E-state index in [1.165, 1.54) is 0 Å². The van der Waals surface area contributed by atoms with Crippen molar-refractivity contribution < 1.29 is 9.47 Å². The minimum atomic E-state index is 0.188. The van der Waals surface area contributed by atoms with Crippen molar-refractivity contribution >= 4 is 5.82 Å². The van der Waals surface area contributed by atoms with Gasteiger partial charge in [-0.3, -0.25) is 0 Å². The fourth-order valence-corrected chi connectivity index (χ4v) is 2.91. The lowest BCUT2D eigenvalue weighted by atomic mass is 10.1. The van der Waals surface area contributed by atoms with Crippen LogP contribution in [0.15, 0.2) is 12.1 Å². The van der Waals surface area contributed by atoms with Gasteiger partial charge in [0, 0.05) is 13.7 Å². The molecule has 0 amide bonds. The standard InChI is InChI=1S/C20H30N4O2/c1-7-17(11-25-6)24-19-14(4)20(23-15(5)22-19)26-18-12(2)8-16(10-21)9-13(18)3/h8-9,17H,7,10-11,21H2,1-6H3,(H,22,23,24). The minimum Gasteiger partial charge on any atom is -0.438 e. The molecule has 0 aliphatic rings. The van der Waals surface area contributed by atoms with E-state index < -0.39 is 0 Å². The number of nitrogens with two attached hydrogens (primary N) is 1. The van der Waals surface area contributed by atoms with Crippen LogP contribution in [0.4, 0.5) is 5.82 Å². The highest BCUT2D eigenvalue weighted by Gasteiger charge is 2.16. The highest BCUT2D eigenvalue weighted by Crippen LogP contribution is 2.32. The number of aryl methyl sites for hydroxylation is 3. The van der Waals surface area contributed by atoms with Crippen molar-refractivity contribution in [1.29, 1.82) is 0 Å². The van der Waals surface area contributed by atoms with Crippen LogP contribution < -0.4 is 15.8 Å². The number of benzene rings is 1. The Kier molecular flexibility index (Phi) is 6.94. The normalized spacial score (nSPS) is 12.1. The number of methoxy groups -OCH3 is 1. The maximum Gasteiger partial charge on any atom is 0.227 e. The Hall–Kier alpha value is -2.18. The van der Waals surface area contributed by atoms with E-state index in [1.807, 2.05) is 27.7 Å². The van der Waals surface area contributed by atoms with E-state index in [4.69, 9.17) is 15.2 Å². The van der Waals surface area contributed by atoms with Gasteiger partial charge in [-0.25, -0.2) is 4.98 Å². The number of hydrogen-bond donors (Lipinski definition) is 2. The molecule has 0 saturated heterocycles. The first-order valence-corrected chi connectivity index (χ1v) is 8.98. The third-order valence-corrected chi connectivity index (χ3v) is 4.37. The largest absolute Gasteiger partial charge is 0.438 e. The van der Waals surface area contributed by atoms with Crippen LogP contribution in [0.3, 0.4) is 0 Å². The lowest BCUT2D eigenvalue weighted by Gasteiger charge is -2.20. The van der Waals surface area contributed by atoms with Gasteiger partial charge in [-0.05, 0) is 50.8 Å². The highest BCUT2D eigenvalue weighted by atomic mass is 16.5. The lowest BCUT2D eigenvalue weighted by molar-refractivity contribution is 0.184. The molecule has 1 aromatic carbocycles. The fourth-order valence-electron chi connectivity index (χ4n) is 2.91. The number of anilines is 1. The number of ether oxygens (including phenoxy) is 2. The van der Waals surface area contributed by atoms with Crippen LogP contribution in [0.2, 0.25) is 0 Å². The van der Waals surface area contributed by atoms with Crippen molar-refractivity contribution in [3.63, 3.8) is 0 Å². The summed E-state index contributed by atoms with van der Waals surface area (Å²) in [4.78, 5) is 9.05. The molecule has 6 nitrogen and oxygen atoms in total. The van der Waals surface area contributed by atoms with Gasteiger partial charge in [0.05, 0.1) is 18.2 Å². The Labute approximate surface area is 156 Å². The monoisotopic (exact) mass is 358 g/mol. The summed E-state index contributed by atoms with van der Waals surface area (Å²) < 4.78 is 11.5. The Bertz CT molecular complexity index is 739. The summed E-state index contributed by atoms with van der Waals surface area (Å²) in [6, 6.07) is 4.29. The van der Waals surface area contributed by atoms with Crippen molar-refractivity contribution in [1.82, 2.24) is 9.97 Å². The van der Waals surface area contributed by atoms with E-state index in [0.717, 1.165) is 40.2 Å². The third kappa shape index (κ3) is 4.71. The highest BCUT2D eigenvalue weighted by molar-refractivity contribution is 5.52. The average molecular weight is 358 g/mol. The van der Waals surface area contributed by atoms with Crippen molar-refractivity contribution in [3.05, 3.63) is 40.2 Å². The van der Waals surface area contributed by atoms with E-state index >= 15 is 0 Å². The zero-order valence-electron chi connectivity index (χ0n) is 16.6. The van der Waals surface area contributed by atoms with Gasteiger partial charge in [-0.15, -0.1) is 0 Å². The molecule has 3 N–H and O–H groups in total. The third-order valence-electron chi connectivity index (χ3n) is 4.37. The van der Waals surface area contributed by atoms with Crippen LogP contribution in [0.1, 0.15) is 41.4 Å². The molecule has 1 heterocycles. The Morgan fingerprint density at radius 1 is 1.12 bits per heavy atom. The molecule has 2 aromatic rings. The van der Waals surface area contributed by atoms with Crippen LogP contribution in [-0.4, -0.2) is 29.7 Å². The number of rotatable bonds is 8. The lowest BCUT2D eigenvalue weighted by Crippen LogP contribution is -2.25. The first-order valence-electron chi connectivity index (χ1n) is 8.98. The predicted octanol–water partition coefficient (Wildman–Crippen LogP) is 3.80. The molecular weight excluding hydrogens is 328 g/mol. The quantitative estimate of drug-likeness (QED) is 0.747. The molecule has 26 heavy (non-hydrogen) atoms. The summed E-state index contributed by atoms with van der Waals surface area (Å²) in [7, 11) is 1.70. The summed E-state index contributed by atoms with van der Waals surface area (Å²) in [5.74, 6) is 2.83. The molecule has 1 atom stereocenters. The minimum absolute atomic E-state index is 0.188. The van der Waals surface area contributed by atoms with E-state index in [-0.39, 0.29) is 6.04 Å². The smallest absolute Gasteiger partial charge is 0.227 e. The van der Waals surface area contributed by atoms with Gasteiger partial charge in [-0.2, -0.15) is 4.98 Å². The molecule has 0 aliphatic carbocycles. The van der Waals surface area contributed by atoms with Crippen LogP contribution in [0.5, 0.6) is 11.6 Å². The zero-order valence-corrected chi connectivity index (χ0v) is 16.6. The molecule has 6 heteroatoms. The second-order valence-corrected chi connectivity index (χ2v) is 6.62. The molecule has 0 aliphatic heterocycles. The average Bonchev–Trinajstić information content (AvgIpc) is 2.60. The maximum atomic E-state index is 6.20. The number of hydrogen-bond acceptors (Lipinski definition) is 6. The number of nitrogens with one attached hydrogen (secondary N) is 1. The molecule has 2 rings (SSSR count). The molecule has 0 spiro atoms. The molecule has 1 unspecified atom stereocenters. The Morgan fingerprint density at radius 2 is 1.77 bits per heavy atom. The van der Waals surface area contributed by atoms with E-state index in [2.05, 4.69) is 34.3 Å². The van der Waals surface area contributed by atoms with Gasteiger partial charge >= 0.3 is 0 Å². The van der Waals surface area contributed by atoms with Gasteiger partial charge in [0.2, 0.25) is 5.88 Å². The summed E-state index contributed by atoms with van der Waals surface area (Å²) in [5.41, 5.74) is 9.82. The number of nitrogens with zero attached hydrogens (tertiary/aromatic N) is 2. The van der Waals surface area contributed by atoms with Gasteiger partial charge in [-0.1, -0.05) is 19.1 Å². The van der Waals surface area contributed by atoms with Crippen LogP contribution in [0.25, 0.3) is 0 Å². The first-order chi connectivity index (χ1) is 12.4. The molecule has 142 valence electrons. The zero-order chi connectivity index (χ0) is 19.3. The number of aromatic nitrogens is 2. The van der Waals surface area contributed by atoms with Gasteiger partial charge in [0.15, 0.2) is 0 Å². The van der Waals surface area contributed by atoms with Gasteiger partial charge in [0.1, 0.15) is 17.4 Å². The van der Waals surface area contributed by atoms with Crippen molar-refractivity contribution in [2.45, 2.75) is 53.6 Å². The topological polar surface area (TPSA) is 82.3 Å². The maximum absolute atomic E-state index is 6.20. The van der Waals surface area contributed by atoms with Crippen molar-refractivity contribution in [3.8, 4) is 11.6 Å². The summed E-state index contributed by atoms with van der Waals surface area (Å²) in [5, 5.41) is 3.44. The second kappa shape index (κ2) is 8.96. The van der Waals surface area contributed by atoms with Crippen molar-refractivity contribution in [2.75, 3.05) is 19.0 Å². The van der Waals surface area contributed by atoms with Crippen LogP contribution >= 0.6 is 0 Å². The second-order valence-electron chi connectivity index (χ2n) is 6.62. The van der Waals surface area contributed by atoms with E-state index in [9.17, 15) is 0 Å². The Balaban J connectivity index is 2.36.